The number of carbonyl (C=O) groups excluding carboxylic acids is 2. The van der Waals surface area contributed by atoms with Crippen LogP contribution in [0.5, 0.6) is 0 Å². The predicted molar refractivity (Wildman–Crippen MR) is 88.1 cm³/mol. The molecule has 25 heavy (non-hydrogen) atoms. The Bertz CT molecular complexity index is 683. The van der Waals surface area contributed by atoms with E-state index < -0.39 is 23.0 Å². The molecule has 8 nitrogen and oxygen atoms in total. The highest BCUT2D eigenvalue weighted by molar-refractivity contribution is 5.82. The molecule has 2 fully saturated rings. The van der Waals surface area contributed by atoms with Crippen molar-refractivity contribution >= 4 is 23.3 Å². The summed E-state index contributed by atoms with van der Waals surface area (Å²) in [4.78, 5) is 36.5. The van der Waals surface area contributed by atoms with E-state index in [1.54, 1.807) is 25.1 Å². The van der Waals surface area contributed by atoms with Crippen LogP contribution in [0.25, 0.3) is 0 Å². The molecule has 0 N–H and O–H groups in total. The van der Waals surface area contributed by atoms with Crippen LogP contribution in [0.15, 0.2) is 24.3 Å². The lowest BCUT2D eigenvalue weighted by molar-refractivity contribution is -0.384. The standard InChI is InChI=1S/C17H20N2O6/c1-11-10-15(17(21)24-11)25-16(20)12-6-8-18(9-7-12)13-4-2-3-5-14(13)19(22)23/h2-5,11-12,15H,6-10H2,1H3/t11-,15-/m0/s1. The van der Waals surface area contributed by atoms with Gasteiger partial charge in [-0.2, -0.15) is 0 Å². The van der Waals surface area contributed by atoms with E-state index in [9.17, 15) is 19.7 Å². The molecule has 8 heteroatoms. The van der Waals surface area contributed by atoms with Crippen LogP contribution in [0.1, 0.15) is 26.2 Å². The monoisotopic (exact) mass is 348 g/mol. The fraction of sp³-hybridized carbons (Fsp3) is 0.529. The third kappa shape index (κ3) is 3.72. The number of cyclic esters (lactones) is 1. The minimum Gasteiger partial charge on any atom is -0.460 e. The minimum absolute atomic E-state index is 0.0613. The number of esters is 2. The van der Waals surface area contributed by atoms with Crippen LogP contribution in [0.2, 0.25) is 0 Å². The molecular formula is C17H20N2O6. The summed E-state index contributed by atoms with van der Waals surface area (Å²) in [6, 6.07) is 6.58. The van der Waals surface area contributed by atoms with E-state index in [1.807, 2.05) is 4.90 Å². The largest absolute Gasteiger partial charge is 0.460 e. The molecule has 0 aliphatic carbocycles. The highest BCUT2D eigenvalue weighted by Gasteiger charge is 2.37. The molecule has 0 amide bonds. The van der Waals surface area contributed by atoms with E-state index in [-0.39, 0.29) is 17.7 Å². The molecule has 2 aliphatic heterocycles. The Balaban J connectivity index is 1.58. The number of para-hydroxylation sites is 2. The second-order valence-electron chi connectivity index (χ2n) is 6.42. The number of piperidine rings is 1. The number of rotatable bonds is 4. The van der Waals surface area contributed by atoms with Gasteiger partial charge < -0.3 is 14.4 Å². The lowest BCUT2D eigenvalue weighted by atomic mass is 9.96. The van der Waals surface area contributed by atoms with Crippen LogP contribution < -0.4 is 4.90 Å². The Kier molecular flexibility index (Phi) is 4.87. The zero-order valence-corrected chi connectivity index (χ0v) is 13.9. The summed E-state index contributed by atoms with van der Waals surface area (Å²) in [6.45, 7) is 2.81. The van der Waals surface area contributed by atoms with Crippen molar-refractivity contribution in [3.63, 3.8) is 0 Å². The molecule has 0 saturated carbocycles. The van der Waals surface area contributed by atoms with E-state index in [2.05, 4.69) is 0 Å². The van der Waals surface area contributed by atoms with Gasteiger partial charge >= 0.3 is 11.9 Å². The summed E-state index contributed by atoms with van der Waals surface area (Å²) in [5.74, 6) is -1.18. The molecule has 2 heterocycles. The number of hydrogen-bond donors (Lipinski definition) is 0. The smallest absolute Gasteiger partial charge is 0.347 e. The number of carbonyl (C=O) groups is 2. The third-order valence-electron chi connectivity index (χ3n) is 4.63. The van der Waals surface area contributed by atoms with Gasteiger partial charge in [0.25, 0.3) is 5.69 Å². The van der Waals surface area contributed by atoms with Crippen molar-refractivity contribution in [1.29, 1.82) is 0 Å². The summed E-state index contributed by atoms with van der Waals surface area (Å²) in [6.07, 6.45) is 0.408. The van der Waals surface area contributed by atoms with Gasteiger partial charge in [0.05, 0.1) is 10.8 Å². The van der Waals surface area contributed by atoms with Gasteiger partial charge in [0.15, 0.2) is 0 Å². The van der Waals surface area contributed by atoms with Crippen molar-refractivity contribution in [3.05, 3.63) is 34.4 Å². The SMILES string of the molecule is C[C@H]1C[C@H](OC(=O)C2CCN(c3ccccc3[N+](=O)[O-])CC2)C(=O)O1. The number of nitro groups is 1. The molecule has 134 valence electrons. The van der Waals surface area contributed by atoms with Crippen molar-refractivity contribution in [3.8, 4) is 0 Å². The highest BCUT2D eigenvalue weighted by Crippen LogP contribution is 2.31. The van der Waals surface area contributed by atoms with Gasteiger partial charge in [0, 0.05) is 25.6 Å². The first kappa shape index (κ1) is 17.2. The van der Waals surface area contributed by atoms with Crippen molar-refractivity contribution in [1.82, 2.24) is 0 Å². The average molecular weight is 348 g/mol. The molecule has 0 bridgehead atoms. The van der Waals surface area contributed by atoms with Crippen molar-refractivity contribution in [2.45, 2.75) is 38.4 Å². The normalized spacial score (nSPS) is 24.0. The lowest BCUT2D eigenvalue weighted by Gasteiger charge is -2.32. The van der Waals surface area contributed by atoms with Gasteiger partial charge in [-0.3, -0.25) is 14.9 Å². The van der Waals surface area contributed by atoms with E-state index >= 15 is 0 Å². The minimum atomic E-state index is -0.809. The topological polar surface area (TPSA) is 99.0 Å². The van der Waals surface area contributed by atoms with Gasteiger partial charge in [-0.25, -0.2) is 4.79 Å². The molecule has 2 saturated heterocycles. The van der Waals surface area contributed by atoms with Crippen LogP contribution in [-0.4, -0.2) is 42.2 Å². The molecule has 0 radical (unpaired) electrons. The first-order valence-electron chi connectivity index (χ1n) is 8.35. The Hall–Kier alpha value is -2.64. The van der Waals surface area contributed by atoms with Gasteiger partial charge in [-0.1, -0.05) is 12.1 Å². The van der Waals surface area contributed by atoms with E-state index in [0.29, 0.717) is 38.0 Å². The number of anilines is 1. The van der Waals surface area contributed by atoms with Gasteiger partial charge in [-0.05, 0) is 25.8 Å². The second-order valence-corrected chi connectivity index (χ2v) is 6.42. The Morgan fingerprint density at radius 1 is 1.32 bits per heavy atom. The Morgan fingerprint density at radius 3 is 2.60 bits per heavy atom. The van der Waals surface area contributed by atoms with Crippen molar-refractivity contribution in [2.24, 2.45) is 5.92 Å². The molecule has 3 rings (SSSR count). The second kappa shape index (κ2) is 7.08. The van der Waals surface area contributed by atoms with Crippen LogP contribution in [0, 0.1) is 16.0 Å². The van der Waals surface area contributed by atoms with Crippen molar-refractivity contribution < 1.29 is 24.0 Å². The summed E-state index contributed by atoms with van der Waals surface area (Å²) in [5, 5.41) is 11.1. The maximum absolute atomic E-state index is 12.3. The predicted octanol–water partition coefficient (Wildman–Crippen LogP) is 2.06. The average Bonchev–Trinajstić information content (AvgIpc) is 2.92. The van der Waals surface area contributed by atoms with Gasteiger partial charge in [-0.15, -0.1) is 0 Å². The Labute approximate surface area is 144 Å². The van der Waals surface area contributed by atoms with Crippen LogP contribution in [0.3, 0.4) is 0 Å². The Morgan fingerprint density at radius 2 is 2.00 bits per heavy atom. The summed E-state index contributed by atoms with van der Waals surface area (Å²) < 4.78 is 10.3. The first-order valence-corrected chi connectivity index (χ1v) is 8.35. The van der Waals surface area contributed by atoms with E-state index in [0.717, 1.165) is 0 Å². The zero-order valence-electron chi connectivity index (χ0n) is 13.9. The zero-order chi connectivity index (χ0) is 18.0. The van der Waals surface area contributed by atoms with Gasteiger partial charge in [0.2, 0.25) is 6.10 Å². The van der Waals surface area contributed by atoms with E-state index in [4.69, 9.17) is 9.47 Å². The fourth-order valence-corrected chi connectivity index (χ4v) is 3.29. The third-order valence-corrected chi connectivity index (χ3v) is 4.63. The van der Waals surface area contributed by atoms with Crippen molar-refractivity contribution in [2.75, 3.05) is 18.0 Å². The summed E-state index contributed by atoms with van der Waals surface area (Å²) in [7, 11) is 0. The summed E-state index contributed by atoms with van der Waals surface area (Å²) in [5.41, 5.74) is 0.624. The van der Waals surface area contributed by atoms with Crippen LogP contribution in [-0.2, 0) is 19.1 Å². The molecule has 2 atom stereocenters. The molecule has 1 aromatic carbocycles. The number of ether oxygens (including phenoxy) is 2. The fourth-order valence-electron chi connectivity index (χ4n) is 3.29. The highest BCUT2D eigenvalue weighted by atomic mass is 16.6. The maximum atomic E-state index is 12.3. The molecule has 2 aliphatic rings. The molecule has 0 spiro atoms. The number of benzene rings is 1. The maximum Gasteiger partial charge on any atom is 0.347 e. The number of nitro benzene ring substituents is 1. The molecule has 0 unspecified atom stereocenters. The van der Waals surface area contributed by atoms with Crippen LogP contribution in [0.4, 0.5) is 11.4 Å². The molecule has 0 aromatic heterocycles. The number of nitrogens with zero attached hydrogens (tertiary/aromatic N) is 2. The van der Waals surface area contributed by atoms with Crippen LogP contribution >= 0.6 is 0 Å². The molecular weight excluding hydrogens is 328 g/mol. The molecule has 1 aromatic rings. The quantitative estimate of drug-likeness (QED) is 0.466. The first-order chi connectivity index (χ1) is 12.0. The van der Waals surface area contributed by atoms with E-state index in [1.165, 1.54) is 6.07 Å². The van der Waals surface area contributed by atoms with Gasteiger partial charge in [0.1, 0.15) is 11.8 Å². The summed E-state index contributed by atoms with van der Waals surface area (Å²) >= 11 is 0. The number of hydrogen-bond acceptors (Lipinski definition) is 7. The lowest BCUT2D eigenvalue weighted by Crippen LogP contribution is -2.38.